The summed E-state index contributed by atoms with van der Waals surface area (Å²) in [6.45, 7) is 9.50. The van der Waals surface area contributed by atoms with Crippen LogP contribution >= 0.6 is 0 Å². The number of rotatable bonds is 10. The molecule has 0 saturated heterocycles. The van der Waals surface area contributed by atoms with Crippen molar-refractivity contribution in [2.75, 3.05) is 0 Å². The van der Waals surface area contributed by atoms with Crippen molar-refractivity contribution in [2.45, 2.75) is 148 Å². The highest BCUT2D eigenvalue weighted by molar-refractivity contribution is 5.76. The topological polar surface area (TPSA) is 93.1 Å². The maximum absolute atomic E-state index is 14.4. The molecular formula is C28H43F11O6. The molecule has 0 aromatic rings. The fourth-order valence-corrected chi connectivity index (χ4v) is 4.15. The van der Waals surface area contributed by atoms with Gasteiger partial charge in [0.05, 0.1) is 10.8 Å². The Morgan fingerprint density at radius 1 is 0.711 bits per heavy atom. The highest BCUT2D eigenvalue weighted by Crippen LogP contribution is 2.51. The maximum Gasteiger partial charge on any atom is 0.430 e. The van der Waals surface area contributed by atoms with Gasteiger partial charge >= 0.3 is 36.4 Å². The van der Waals surface area contributed by atoms with Crippen molar-refractivity contribution in [3.05, 3.63) is 0 Å². The maximum atomic E-state index is 14.4. The first kappa shape index (κ1) is 43.1. The number of hydrogen-bond acceptors (Lipinski definition) is 6. The van der Waals surface area contributed by atoms with Crippen molar-refractivity contribution in [1.82, 2.24) is 0 Å². The van der Waals surface area contributed by atoms with Gasteiger partial charge in [0.1, 0.15) is 0 Å². The molecule has 0 aromatic carbocycles. The molecule has 45 heavy (non-hydrogen) atoms. The van der Waals surface area contributed by atoms with Crippen molar-refractivity contribution in [3.63, 3.8) is 0 Å². The van der Waals surface area contributed by atoms with Crippen molar-refractivity contribution < 1.29 is 77.6 Å². The first-order chi connectivity index (χ1) is 19.8. The third kappa shape index (κ3) is 10.0. The molecule has 0 aliphatic heterocycles. The van der Waals surface area contributed by atoms with Crippen LogP contribution in [0.1, 0.15) is 100 Å². The minimum atomic E-state index is -6.06. The number of esters is 2. The second-order valence-electron chi connectivity index (χ2n) is 12.9. The van der Waals surface area contributed by atoms with E-state index in [4.69, 9.17) is 9.84 Å². The van der Waals surface area contributed by atoms with Crippen LogP contribution in [0.15, 0.2) is 0 Å². The number of ether oxygens (including phenoxy) is 2. The summed E-state index contributed by atoms with van der Waals surface area (Å²) in [6.07, 6.45) is -20.9. The number of hydrogen-bond donors (Lipinski definition) is 2. The Hall–Kier alpha value is -1.91. The Morgan fingerprint density at radius 2 is 1.09 bits per heavy atom. The van der Waals surface area contributed by atoms with E-state index in [0.717, 1.165) is 6.42 Å². The van der Waals surface area contributed by atoms with Crippen molar-refractivity contribution in [1.29, 1.82) is 0 Å². The molecule has 2 N–H and O–H groups in total. The molecule has 0 bridgehead atoms. The molecule has 0 spiro atoms. The average molecular weight is 685 g/mol. The highest BCUT2D eigenvalue weighted by Gasteiger charge is 2.78. The largest absolute Gasteiger partial charge is 0.455 e. The fourth-order valence-electron chi connectivity index (χ4n) is 4.15. The molecule has 0 amide bonds. The summed E-state index contributed by atoms with van der Waals surface area (Å²) in [6, 6.07) is 0. The summed E-state index contributed by atoms with van der Waals surface area (Å²) in [5.41, 5.74) is -10.8. The van der Waals surface area contributed by atoms with Gasteiger partial charge in [-0.15, -0.1) is 0 Å². The SMILES string of the molecule is CCC(C)(C)C(=O)OC(C)(C)C(O)(C(F)(F)F)C(F)(F)F.CCC(C)(C)C(=O)OC(C1CCCCC1)C(F)(F)C(O)C(F)(F)F. The molecule has 1 fully saturated rings. The first-order valence-corrected chi connectivity index (χ1v) is 14.2. The molecule has 0 aromatic heterocycles. The van der Waals surface area contributed by atoms with Gasteiger partial charge in [0.15, 0.2) is 11.7 Å². The van der Waals surface area contributed by atoms with Crippen LogP contribution in [-0.2, 0) is 19.1 Å². The second kappa shape index (κ2) is 14.5. The van der Waals surface area contributed by atoms with Crippen LogP contribution in [0.5, 0.6) is 0 Å². The van der Waals surface area contributed by atoms with Gasteiger partial charge in [-0.2, -0.15) is 48.3 Å². The summed E-state index contributed by atoms with van der Waals surface area (Å²) >= 11 is 0. The molecule has 0 radical (unpaired) electrons. The van der Waals surface area contributed by atoms with E-state index >= 15 is 0 Å². The van der Waals surface area contributed by atoms with Crippen LogP contribution in [0.3, 0.4) is 0 Å². The Balaban J connectivity index is 0.000000870. The van der Waals surface area contributed by atoms with Gasteiger partial charge in [-0.05, 0) is 67.2 Å². The van der Waals surface area contributed by atoms with E-state index < -0.39 is 76.5 Å². The Bertz CT molecular complexity index is 965. The zero-order chi connectivity index (χ0) is 36.3. The van der Waals surface area contributed by atoms with Crippen LogP contribution in [-0.4, -0.2) is 70.0 Å². The monoisotopic (exact) mass is 684 g/mol. The van der Waals surface area contributed by atoms with Crippen LogP contribution < -0.4 is 0 Å². The third-order valence-corrected chi connectivity index (χ3v) is 8.28. The zero-order valence-electron chi connectivity index (χ0n) is 26.4. The number of aliphatic hydroxyl groups is 2. The summed E-state index contributed by atoms with van der Waals surface area (Å²) < 4.78 is 152. The van der Waals surface area contributed by atoms with Crippen molar-refractivity contribution in [2.24, 2.45) is 16.7 Å². The zero-order valence-corrected chi connectivity index (χ0v) is 26.4. The molecule has 1 aliphatic carbocycles. The fraction of sp³-hybridized carbons (Fsp3) is 0.929. The van der Waals surface area contributed by atoms with Crippen molar-refractivity contribution in [3.8, 4) is 0 Å². The number of aliphatic hydroxyl groups excluding tert-OH is 1. The molecule has 268 valence electrons. The summed E-state index contributed by atoms with van der Waals surface area (Å²) in [5, 5.41) is 18.4. The van der Waals surface area contributed by atoms with Gasteiger partial charge in [-0.25, -0.2) is 0 Å². The molecule has 1 saturated carbocycles. The molecule has 6 nitrogen and oxygen atoms in total. The lowest BCUT2D eigenvalue weighted by Gasteiger charge is -2.44. The van der Waals surface area contributed by atoms with E-state index in [-0.39, 0.29) is 25.7 Å². The first-order valence-electron chi connectivity index (χ1n) is 14.2. The molecule has 2 atom stereocenters. The minimum absolute atomic E-state index is 0.137. The third-order valence-electron chi connectivity index (χ3n) is 8.28. The molecule has 1 aliphatic rings. The Morgan fingerprint density at radius 3 is 1.42 bits per heavy atom. The molecule has 0 heterocycles. The predicted molar refractivity (Wildman–Crippen MR) is 139 cm³/mol. The highest BCUT2D eigenvalue weighted by atomic mass is 19.4. The predicted octanol–water partition coefficient (Wildman–Crippen LogP) is 8.07. The van der Waals surface area contributed by atoms with Gasteiger partial charge < -0.3 is 19.7 Å². The van der Waals surface area contributed by atoms with Crippen LogP contribution in [0.4, 0.5) is 48.3 Å². The summed E-state index contributed by atoms with van der Waals surface area (Å²) in [7, 11) is 0. The van der Waals surface area contributed by atoms with Crippen LogP contribution in [0.25, 0.3) is 0 Å². The van der Waals surface area contributed by atoms with Gasteiger partial charge in [0.25, 0.3) is 5.60 Å². The van der Waals surface area contributed by atoms with Gasteiger partial charge in [-0.3, -0.25) is 9.59 Å². The smallest absolute Gasteiger partial charge is 0.430 e. The molecule has 1 rings (SSSR count). The van der Waals surface area contributed by atoms with E-state index in [9.17, 15) is 63.0 Å². The molecular weight excluding hydrogens is 641 g/mol. The lowest BCUT2D eigenvalue weighted by molar-refractivity contribution is -0.408. The Kier molecular flexibility index (Phi) is 13.9. The van der Waals surface area contributed by atoms with Gasteiger partial charge in [-0.1, -0.05) is 33.1 Å². The molecule has 17 heteroatoms. The standard InChI is InChI=1S/C16H25F5O3.C12H18F6O3/c1-4-14(2,3)13(23)24-11(10-8-6-5-7-9-10)15(17,18)12(22)16(19,20)21;1-6-8(2,3)7(19)21-9(4,5)10(20,11(13,14)15)12(16,17)18/h10-12,22H,4-9H2,1-3H3;20H,6H2,1-5H3. The average Bonchev–Trinajstić information content (AvgIpc) is 2.89. The van der Waals surface area contributed by atoms with Gasteiger partial charge in [0.2, 0.25) is 6.10 Å². The number of carbonyl (C=O) groups excluding carboxylic acids is 2. The van der Waals surface area contributed by atoms with E-state index in [1.54, 1.807) is 6.92 Å². The number of carbonyl (C=O) groups is 2. The lowest BCUT2D eigenvalue weighted by atomic mass is 9.81. The van der Waals surface area contributed by atoms with Gasteiger partial charge in [0, 0.05) is 5.92 Å². The minimum Gasteiger partial charge on any atom is -0.455 e. The van der Waals surface area contributed by atoms with Crippen LogP contribution in [0, 0.1) is 16.7 Å². The van der Waals surface area contributed by atoms with E-state index in [0.29, 0.717) is 26.7 Å². The normalized spacial score (nSPS) is 18.0. The quantitative estimate of drug-likeness (QED) is 0.179. The van der Waals surface area contributed by atoms with E-state index in [1.807, 2.05) is 0 Å². The number of alkyl halides is 11. The lowest BCUT2D eigenvalue weighted by Crippen LogP contribution is -2.70. The molecule has 2 unspecified atom stereocenters. The number of halogens is 11. The van der Waals surface area contributed by atoms with Crippen LogP contribution in [0.2, 0.25) is 0 Å². The Labute approximate surface area is 255 Å². The van der Waals surface area contributed by atoms with Crippen molar-refractivity contribution >= 4 is 11.9 Å². The summed E-state index contributed by atoms with van der Waals surface area (Å²) in [5.74, 6) is -7.74. The second-order valence-corrected chi connectivity index (χ2v) is 12.9. The van der Waals surface area contributed by atoms with E-state index in [2.05, 4.69) is 4.74 Å². The summed E-state index contributed by atoms with van der Waals surface area (Å²) in [4.78, 5) is 23.9. The van der Waals surface area contributed by atoms with E-state index in [1.165, 1.54) is 34.6 Å².